The normalized spacial score (nSPS) is 10.7. The molecule has 0 bridgehead atoms. The van der Waals surface area contributed by atoms with Gasteiger partial charge in [-0.05, 0) is 36.8 Å². The number of hydrogen-bond acceptors (Lipinski definition) is 4. The number of carboxylic acid groups (broad SMARTS) is 1. The Morgan fingerprint density at radius 3 is 2.50 bits per heavy atom. The lowest BCUT2D eigenvalue weighted by molar-refractivity contribution is 0.0964. The first-order valence-corrected chi connectivity index (χ1v) is 9.39. The Kier molecular flexibility index (Phi) is 4.93. The van der Waals surface area contributed by atoms with Gasteiger partial charge in [0, 0.05) is 29.2 Å². The van der Waals surface area contributed by atoms with Crippen LogP contribution in [-0.4, -0.2) is 29.1 Å². The van der Waals surface area contributed by atoms with E-state index in [9.17, 15) is 9.59 Å². The Hall–Kier alpha value is -4.13. The number of anilines is 3. The van der Waals surface area contributed by atoms with Crippen molar-refractivity contribution in [3.63, 3.8) is 0 Å². The molecule has 30 heavy (non-hydrogen) atoms. The van der Waals surface area contributed by atoms with E-state index in [1.54, 1.807) is 19.2 Å². The van der Waals surface area contributed by atoms with Crippen LogP contribution >= 0.6 is 0 Å². The molecule has 4 N–H and O–H groups in total. The van der Waals surface area contributed by atoms with Crippen LogP contribution in [0, 0.1) is 6.92 Å². The second-order valence-electron chi connectivity index (χ2n) is 6.87. The van der Waals surface area contributed by atoms with Crippen molar-refractivity contribution in [3.8, 4) is 0 Å². The van der Waals surface area contributed by atoms with Gasteiger partial charge in [-0.3, -0.25) is 10.1 Å². The topological polar surface area (TPSA) is 103 Å². The standard InChI is InChI=1S/C23H20N4O3/c1-13-10-11-14(12-19(13)27-23(29)30)25-20-15-6-3-4-9-18(15)26-21-16(20)7-5-8-17(21)22(28)24-2/h3-12,27H,1-2H3,(H,24,28)(H,25,26)(H,29,30). The molecule has 1 aromatic heterocycles. The van der Waals surface area contributed by atoms with Crippen molar-refractivity contribution in [3.05, 3.63) is 71.8 Å². The molecular weight excluding hydrogens is 380 g/mol. The average molecular weight is 400 g/mol. The fourth-order valence-electron chi connectivity index (χ4n) is 3.46. The highest BCUT2D eigenvalue weighted by Gasteiger charge is 2.15. The Morgan fingerprint density at radius 2 is 1.73 bits per heavy atom. The first-order valence-electron chi connectivity index (χ1n) is 9.39. The zero-order chi connectivity index (χ0) is 21.3. The number of rotatable bonds is 4. The molecule has 0 atom stereocenters. The molecule has 2 amide bonds. The maximum Gasteiger partial charge on any atom is 0.409 e. The van der Waals surface area contributed by atoms with Crippen molar-refractivity contribution in [1.29, 1.82) is 0 Å². The Bertz CT molecular complexity index is 1300. The molecule has 0 saturated heterocycles. The molecule has 4 rings (SSSR count). The van der Waals surface area contributed by atoms with Gasteiger partial charge in [0.2, 0.25) is 0 Å². The van der Waals surface area contributed by atoms with Crippen LogP contribution in [0.2, 0.25) is 0 Å². The monoisotopic (exact) mass is 400 g/mol. The number of fused-ring (bicyclic) bond motifs is 2. The highest BCUT2D eigenvalue weighted by molar-refractivity contribution is 6.14. The molecule has 7 nitrogen and oxygen atoms in total. The minimum absolute atomic E-state index is 0.211. The van der Waals surface area contributed by atoms with Crippen LogP contribution in [0.25, 0.3) is 21.8 Å². The Balaban J connectivity index is 1.93. The van der Waals surface area contributed by atoms with Crippen molar-refractivity contribution in [2.75, 3.05) is 17.7 Å². The van der Waals surface area contributed by atoms with E-state index in [1.807, 2.05) is 55.5 Å². The van der Waals surface area contributed by atoms with E-state index in [0.717, 1.165) is 27.5 Å². The number of carbonyl (C=O) groups excluding carboxylic acids is 1. The third-order valence-electron chi connectivity index (χ3n) is 4.93. The fraction of sp³-hybridized carbons (Fsp3) is 0.0870. The number of nitrogens with one attached hydrogen (secondary N) is 3. The summed E-state index contributed by atoms with van der Waals surface area (Å²) in [6, 6.07) is 18.6. The summed E-state index contributed by atoms with van der Waals surface area (Å²) < 4.78 is 0. The van der Waals surface area contributed by atoms with Gasteiger partial charge >= 0.3 is 6.09 Å². The number of amides is 2. The van der Waals surface area contributed by atoms with Gasteiger partial charge in [-0.1, -0.05) is 36.4 Å². The molecule has 0 fully saturated rings. The number of aryl methyl sites for hydroxylation is 1. The highest BCUT2D eigenvalue weighted by atomic mass is 16.4. The molecule has 7 heteroatoms. The maximum atomic E-state index is 12.4. The third kappa shape index (κ3) is 3.48. The maximum absolute atomic E-state index is 12.4. The van der Waals surface area contributed by atoms with E-state index >= 15 is 0 Å². The molecule has 0 saturated carbocycles. The van der Waals surface area contributed by atoms with Gasteiger partial charge in [0.15, 0.2) is 0 Å². The van der Waals surface area contributed by atoms with Crippen molar-refractivity contribution >= 4 is 50.9 Å². The number of benzene rings is 3. The van der Waals surface area contributed by atoms with Gasteiger partial charge in [0.1, 0.15) is 0 Å². The quantitative estimate of drug-likeness (QED) is 0.365. The van der Waals surface area contributed by atoms with Crippen molar-refractivity contribution in [2.24, 2.45) is 0 Å². The summed E-state index contributed by atoms with van der Waals surface area (Å²) in [4.78, 5) is 28.2. The summed E-state index contributed by atoms with van der Waals surface area (Å²) in [5.74, 6) is -0.211. The number of aromatic nitrogens is 1. The fourth-order valence-corrected chi connectivity index (χ4v) is 3.46. The lowest BCUT2D eigenvalue weighted by Crippen LogP contribution is -2.18. The SMILES string of the molecule is CNC(=O)c1cccc2c(Nc3ccc(C)c(NC(=O)O)c3)c3ccccc3nc12. The van der Waals surface area contributed by atoms with Crippen LogP contribution in [0.1, 0.15) is 15.9 Å². The molecule has 0 unspecified atom stereocenters. The van der Waals surface area contributed by atoms with E-state index in [2.05, 4.69) is 16.0 Å². The van der Waals surface area contributed by atoms with Crippen molar-refractivity contribution in [1.82, 2.24) is 10.3 Å². The molecule has 150 valence electrons. The second-order valence-corrected chi connectivity index (χ2v) is 6.87. The van der Waals surface area contributed by atoms with E-state index < -0.39 is 6.09 Å². The van der Waals surface area contributed by atoms with E-state index in [4.69, 9.17) is 10.1 Å². The van der Waals surface area contributed by atoms with E-state index in [1.165, 1.54) is 0 Å². The summed E-state index contributed by atoms with van der Waals surface area (Å²) >= 11 is 0. The molecule has 4 aromatic rings. The van der Waals surface area contributed by atoms with Crippen LogP contribution in [0.15, 0.2) is 60.7 Å². The zero-order valence-corrected chi connectivity index (χ0v) is 16.5. The van der Waals surface area contributed by atoms with Crippen LogP contribution in [0.5, 0.6) is 0 Å². The van der Waals surface area contributed by atoms with E-state index in [0.29, 0.717) is 22.5 Å². The first kappa shape index (κ1) is 19.2. The lowest BCUT2D eigenvalue weighted by Gasteiger charge is -2.16. The van der Waals surface area contributed by atoms with Gasteiger partial charge in [-0.2, -0.15) is 0 Å². The van der Waals surface area contributed by atoms with Gasteiger partial charge in [0.25, 0.3) is 5.91 Å². The number of hydrogen-bond donors (Lipinski definition) is 4. The van der Waals surface area contributed by atoms with Crippen molar-refractivity contribution < 1.29 is 14.7 Å². The molecule has 0 aliphatic heterocycles. The van der Waals surface area contributed by atoms with E-state index in [-0.39, 0.29) is 5.91 Å². The summed E-state index contributed by atoms with van der Waals surface area (Å²) in [6.07, 6.45) is -1.12. The smallest absolute Gasteiger partial charge is 0.409 e. The summed E-state index contributed by atoms with van der Waals surface area (Å²) in [7, 11) is 1.59. The van der Waals surface area contributed by atoms with Crippen molar-refractivity contribution in [2.45, 2.75) is 6.92 Å². The molecule has 0 aliphatic rings. The van der Waals surface area contributed by atoms with Gasteiger partial charge < -0.3 is 15.7 Å². The Morgan fingerprint density at radius 1 is 0.967 bits per heavy atom. The first-order chi connectivity index (χ1) is 14.5. The van der Waals surface area contributed by atoms with Gasteiger partial charge in [0.05, 0.1) is 22.3 Å². The van der Waals surface area contributed by atoms with Crippen LogP contribution in [0.3, 0.4) is 0 Å². The predicted molar refractivity (Wildman–Crippen MR) is 119 cm³/mol. The number of nitrogens with zero attached hydrogens (tertiary/aromatic N) is 1. The molecule has 0 spiro atoms. The van der Waals surface area contributed by atoms with Crippen LogP contribution in [0.4, 0.5) is 21.9 Å². The average Bonchev–Trinajstić information content (AvgIpc) is 2.74. The minimum atomic E-state index is -1.12. The lowest BCUT2D eigenvalue weighted by atomic mass is 10.0. The molecular formula is C23H20N4O3. The second kappa shape index (κ2) is 7.71. The summed E-state index contributed by atoms with van der Waals surface area (Å²) in [6.45, 7) is 1.84. The summed E-state index contributed by atoms with van der Waals surface area (Å²) in [5, 5.41) is 19.3. The highest BCUT2D eigenvalue weighted by Crippen LogP contribution is 2.35. The number of pyridine rings is 1. The zero-order valence-electron chi connectivity index (χ0n) is 16.5. The predicted octanol–water partition coefficient (Wildman–Crippen LogP) is 4.89. The van der Waals surface area contributed by atoms with Crippen LogP contribution < -0.4 is 16.0 Å². The number of para-hydroxylation sites is 2. The minimum Gasteiger partial charge on any atom is -0.465 e. The van der Waals surface area contributed by atoms with Crippen LogP contribution in [-0.2, 0) is 0 Å². The molecule has 1 heterocycles. The summed E-state index contributed by atoms with van der Waals surface area (Å²) in [5.41, 5.74) is 4.66. The Labute approximate surface area is 172 Å². The number of carbonyl (C=O) groups is 2. The van der Waals surface area contributed by atoms with Gasteiger partial charge in [-0.25, -0.2) is 9.78 Å². The molecule has 0 aliphatic carbocycles. The molecule has 3 aromatic carbocycles. The molecule has 0 radical (unpaired) electrons. The largest absolute Gasteiger partial charge is 0.465 e. The van der Waals surface area contributed by atoms with Gasteiger partial charge in [-0.15, -0.1) is 0 Å². The third-order valence-corrected chi connectivity index (χ3v) is 4.93.